The summed E-state index contributed by atoms with van der Waals surface area (Å²) in [5, 5.41) is 16.2. The van der Waals surface area contributed by atoms with E-state index in [1.165, 1.54) is 40.6 Å². The lowest BCUT2D eigenvalue weighted by molar-refractivity contribution is -0.384. The molecule has 0 unspecified atom stereocenters. The molecule has 0 amide bonds. The van der Waals surface area contributed by atoms with Crippen LogP contribution in [0.15, 0.2) is 46.5 Å². The fraction of sp³-hybridized carbons (Fsp3) is 0.125. The van der Waals surface area contributed by atoms with Crippen LogP contribution < -0.4 is 5.56 Å². The highest BCUT2D eigenvalue weighted by Crippen LogP contribution is 2.19. The number of hydrogen-bond acceptors (Lipinski definition) is 7. The Morgan fingerprint density at radius 1 is 1.15 bits per heavy atom. The number of fused-ring (bicyclic) bond motifs is 3. The highest BCUT2D eigenvalue weighted by molar-refractivity contribution is 7.98. The number of pyridine rings is 1. The maximum absolute atomic E-state index is 13.0. The van der Waals surface area contributed by atoms with E-state index in [0.717, 1.165) is 0 Å². The van der Waals surface area contributed by atoms with Crippen molar-refractivity contribution >= 4 is 34.1 Å². The Morgan fingerprint density at radius 3 is 2.54 bits per heavy atom. The monoisotopic (exact) mass is 368 g/mol. The van der Waals surface area contributed by atoms with Crippen molar-refractivity contribution in [3.8, 4) is 5.69 Å². The van der Waals surface area contributed by atoms with Gasteiger partial charge in [-0.25, -0.2) is 4.98 Å². The third-order valence-electron chi connectivity index (χ3n) is 4.02. The Bertz CT molecular complexity index is 1230. The third-order valence-corrected chi connectivity index (χ3v) is 4.56. The molecule has 26 heavy (non-hydrogen) atoms. The highest BCUT2D eigenvalue weighted by atomic mass is 32.2. The van der Waals surface area contributed by atoms with Crippen LogP contribution in [-0.4, -0.2) is 35.3 Å². The molecule has 130 valence electrons. The van der Waals surface area contributed by atoms with Crippen molar-refractivity contribution in [2.45, 2.75) is 12.1 Å². The van der Waals surface area contributed by atoms with Crippen molar-refractivity contribution < 1.29 is 4.92 Å². The first-order valence-corrected chi connectivity index (χ1v) is 8.79. The molecule has 0 fully saturated rings. The van der Waals surface area contributed by atoms with E-state index in [9.17, 15) is 14.9 Å². The van der Waals surface area contributed by atoms with Gasteiger partial charge in [-0.05, 0) is 31.4 Å². The summed E-state index contributed by atoms with van der Waals surface area (Å²) >= 11 is 1.40. The van der Waals surface area contributed by atoms with Gasteiger partial charge in [0, 0.05) is 24.0 Å². The average Bonchev–Trinajstić information content (AvgIpc) is 3.05. The lowest BCUT2D eigenvalue weighted by Gasteiger charge is -2.09. The van der Waals surface area contributed by atoms with Crippen molar-refractivity contribution in [2.75, 3.05) is 6.26 Å². The minimum absolute atomic E-state index is 0.0330. The van der Waals surface area contributed by atoms with Crippen molar-refractivity contribution in [2.24, 2.45) is 0 Å². The first-order valence-electron chi connectivity index (χ1n) is 7.57. The molecule has 0 aliphatic carbocycles. The molecule has 0 bridgehead atoms. The number of nitro groups is 1. The molecule has 3 aromatic heterocycles. The van der Waals surface area contributed by atoms with E-state index in [1.807, 2.05) is 6.26 Å². The molecule has 0 saturated carbocycles. The molecule has 0 saturated heterocycles. The van der Waals surface area contributed by atoms with Crippen LogP contribution in [0, 0.1) is 17.0 Å². The molecule has 10 heteroatoms. The van der Waals surface area contributed by atoms with Crippen LogP contribution >= 0.6 is 11.8 Å². The molecule has 0 atom stereocenters. The normalized spacial score (nSPS) is 11.3. The Balaban J connectivity index is 1.97. The van der Waals surface area contributed by atoms with E-state index in [2.05, 4.69) is 15.1 Å². The maximum atomic E-state index is 13.0. The number of aromatic nitrogens is 5. The van der Waals surface area contributed by atoms with Gasteiger partial charge in [0.15, 0.2) is 0 Å². The predicted octanol–water partition coefficient (Wildman–Crippen LogP) is 2.37. The van der Waals surface area contributed by atoms with Gasteiger partial charge in [0.1, 0.15) is 0 Å². The molecule has 1 aromatic carbocycles. The van der Waals surface area contributed by atoms with Gasteiger partial charge >= 0.3 is 0 Å². The van der Waals surface area contributed by atoms with Gasteiger partial charge in [0.05, 0.1) is 21.5 Å². The Hall–Kier alpha value is -3.27. The first kappa shape index (κ1) is 16.2. The summed E-state index contributed by atoms with van der Waals surface area (Å²) in [4.78, 5) is 32.0. The summed E-state index contributed by atoms with van der Waals surface area (Å²) in [6.45, 7) is 1.75. The van der Waals surface area contributed by atoms with Crippen molar-refractivity contribution in [3.63, 3.8) is 0 Å². The average molecular weight is 368 g/mol. The Labute approximate surface area is 150 Å². The summed E-state index contributed by atoms with van der Waals surface area (Å²) in [6.07, 6.45) is 3.48. The highest BCUT2D eigenvalue weighted by Gasteiger charge is 2.15. The summed E-state index contributed by atoms with van der Waals surface area (Å²) in [7, 11) is 0. The van der Waals surface area contributed by atoms with Gasteiger partial charge in [0.25, 0.3) is 17.0 Å². The SMILES string of the molecule is CSc1nc2nc(C)c3c(=O)n(-c4ccc([N+](=O)[O-])cc4)ccc3n2n1. The molecule has 0 spiro atoms. The van der Waals surface area contributed by atoms with Gasteiger partial charge in [-0.15, -0.1) is 5.10 Å². The van der Waals surface area contributed by atoms with E-state index in [-0.39, 0.29) is 11.2 Å². The Kier molecular flexibility index (Phi) is 3.69. The zero-order valence-electron chi connectivity index (χ0n) is 13.8. The van der Waals surface area contributed by atoms with Gasteiger partial charge in [0.2, 0.25) is 5.16 Å². The first-order chi connectivity index (χ1) is 12.5. The maximum Gasteiger partial charge on any atom is 0.269 e. The molecule has 9 nitrogen and oxygen atoms in total. The Morgan fingerprint density at radius 2 is 1.88 bits per heavy atom. The van der Waals surface area contributed by atoms with Crippen LogP contribution in [0.4, 0.5) is 5.69 Å². The molecule has 0 radical (unpaired) electrons. The van der Waals surface area contributed by atoms with Crippen molar-refractivity contribution in [3.05, 3.63) is 62.7 Å². The molecule has 3 heterocycles. The van der Waals surface area contributed by atoms with Crippen LogP contribution in [0.5, 0.6) is 0 Å². The summed E-state index contributed by atoms with van der Waals surface area (Å²) in [5.41, 5.74) is 1.39. The number of thioether (sulfide) groups is 1. The van der Waals surface area contributed by atoms with E-state index < -0.39 is 4.92 Å². The van der Waals surface area contributed by atoms with Crippen molar-refractivity contribution in [1.82, 2.24) is 24.1 Å². The van der Waals surface area contributed by atoms with Crippen LogP contribution in [0.1, 0.15) is 5.69 Å². The zero-order chi connectivity index (χ0) is 18.4. The minimum Gasteiger partial charge on any atom is -0.284 e. The van der Waals surface area contributed by atoms with E-state index in [0.29, 0.717) is 33.2 Å². The molecule has 0 N–H and O–H groups in total. The fourth-order valence-corrected chi connectivity index (χ4v) is 3.13. The number of rotatable bonds is 3. The molecule has 0 aliphatic heterocycles. The van der Waals surface area contributed by atoms with Gasteiger partial charge in [-0.1, -0.05) is 11.8 Å². The zero-order valence-corrected chi connectivity index (χ0v) is 14.6. The second-order valence-corrected chi connectivity index (χ2v) is 6.31. The summed E-state index contributed by atoms with van der Waals surface area (Å²) in [5.74, 6) is 0.437. The predicted molar refractivity (Wildman–Crippen MR) is 97.1 cm³/mol. The number of benzene rings is 1. The van der Waals surface area contributed by atoms with Crippen molar-refractivity contribution in [1.29, 1.82) is 0 Å². The number of nitrogens with zero attached hydrogens (tertiary/aromatic N) is 6. The standard InChI is InChI=1S/C16H12N6O3S/c1-9-13-12(21-15(17-9)18-16(19-21)26-2)7-8-20(14(13)23)10-3-5-11(6-4-10)22(24)25/h3-8H,1-2H3. The number of hydrogen-bond donors (Lipinski definition) is 0. The molecule has 4 rings (SSSR count). The third kappa shape index (κ3) is 2.42. The summed E-state index contributed by atoms with van der Waals surface area (Å²) < 4.78 is 2.98. The van der Waals surface area contributed by atoms with E-state index in [4.69, 9.17) is 0 Å². The minimum atomic E-state index is -0.480. The second kappa shape index (κ2) is 5.92. The molecular weight excluding hydrogens is 356 g/mol. The van der Waals surface area contributed by atoms with Gasteiger partial charge in [-0.2, -0.15) is 9.50 Å². The number of aryl methyl sites for hydroxylation is 1. The van der Waals surface area contributed by atoms with Gasteiger partial charge < -0.3 is 0 Å². The summed E-state index contributed by atoms with van der Waals surface area (Å²) in [6, 6.07) is 7.56. The lowest BCUT2D eigenvalue weighted by Crippen LogP contribution is -2.20. The number of non-ortho nitro benzene ring substituents is 1. The fourth-order valence-electron chi connectivity index (χ4n) is 2.79. The van der Waals surface area contributed by atoms with Crippen LogP contribution in [0.25, 0.3) is 22.4 Å². The molecule has 4 aromatic rings. The number of nitro benzene ring substituents is 1. The van der Waals surface area contributed by atoms with E-state index >= 15 is 0 Å². The van der Waals surface area contributed by atoms with Crippen LogP contribution in [-0.2, 0) is 0 Å². The quantitative estimate of drug-likeness (QED) is 0.310. The lowest BCUT2D eigenvalue weighted by atomic mass is 10.2. The second-order valence-electron chi connectivity index (χ2n) is 5.53. The molecule has 0 aliphatic rings. The molecular formula is C16H12N6O3S. The largest absolute Gasteiger partial charge is 0.284 e. The smallest absolute Gasteiger partial charge is 0.269 e. The topological polar surface area (TPSA) is 108 Å². The van der Waals surface area contributed by atoms with Gasteiger partial charge in [-0.3, -0.25) is 19.5 Å². The van der Waals surface area contributed by atoms with Crippen LogP contribution in [0.2, 0.25) is 0 Å². The van der Waals surface area contributed by atoms with Crippen LogP contribution in [0.3, 0.4) is 0 Å². The van der Waals surface area contributed by atoms with E-state index in [1.54, 1.807) is 23.7 Å².